The van der Waals surface area contributed by atoms with E-state index in [0.29, 0.717) is 17.6 Å². The Balaban J connectivity index is 1.78. The first-order valence-electron chi connectivity index (χ1n) is 6.65. The van der Waals surface area contributed by atoms with Crippen molar-refractivity contribution in [2.75, 3.05) is 11.9 Å². The second-order valence-electron chi connectivity index (χ2n) is 5.41. The minimum atomic E-state index is -1.03. The van der Waals surface area contributed by atoms with Crippen LogP contribution >= 0.6 is 22.6 Å². The number of aromatic carboxylic acids is 1. The first kappa shape index (κ1) is 13.7. The van der Waals surface area contributed by atoms with Crippen LogP contribution in [0.1, 0.15) is 29.6 Å². The highest BCUT2D eigenvalue weighted by molar-refractivity contribution is 14.1. The third-order valence-corrected chi connectivity index (χ3v) is 4.79. The Morgan fingerprint density at radius 3 is 2.75 bits per heavy atom. The maximum Gasteiger partial charge on any atom is 0.337 e. The van der Waals surface area contributed by atoms with Gasteiger partial charge in [-0.1, -0.05) is 0 Å². The number of anilines is 1. The predicted molar refractivity (Wildman–Crippen MR) is 83.0 cm³/mol. The van der Waals surface area contributed by atoms with Crippen molar-refractivity contribution in [3.05, 3.63) is 27.3 Å². The molecule has 20 heavy (non-hydrogen) atoms. The summed E-state index contributed by atoms with van der Waals surface area (Å²) in [6.45, 7) is 0.795. The van der Waals surface area contributed by atoms with Crippen molar-refractivity contribution in [1.29, 1.82) is 0 Å². The molecule has 2 bridgehead atoms. The number of hydrogen-bond donors (Lipinski definition) is 2. The highest BCUT2D eigenvalue weighted by Gasteiger charge is 2.40. The predicted octanol–water partition coefficient (Wildman–Crippen LogP) is 3.01. The fourth-order valence-corrected chi connectivity index (χ4v) is 3.65. The molecule has 2 unspecified atom stereocenters. The number of hydrogen-bond acceptors (Lipinski definition) is 2. The van der Waals surface area contributed by atoms with Gasteiger partial charge in [-0.3, -0.25) is 0 Å². The van der Waals surface area contributed by atoms with Gasteiger partial charge in [-0.25, -0.2) is 9.59 Å². The van der Waals surface area contributed by atoms with E-state index in [4.69, 9.17) is 0 Å². The number of fused-ring (bicyclic) bond motifs is 2. The summed E-state index contributed by atoms with van der Waals surface area (Å²) in [6.07, 6.45) is 3.36. The third kappa shape index (κ3) is 2.48. The summed E-state index contributed by atoms with van der Waals surface area (Å²) in [6, 6.07) is 5.16. The number of carboxylic acid groups (broad SMARTS) is 1. The Kier molecular flexibility index (Phi) is 3.57. The van der Waals surface area contributed by atoms with Crippen LogP contribution < -0.4 is 5.32 Å². The summed E-state index contributed by atoms with van der Waals surface area (Å²) < 4.78 is 0.832. The lowest BCUT2D eigenvalue weighted by molar-refractivity contribution is 0.0698. The molecule has 1 aromatic carbocycles. The molecular weight excluding hydrogens is 371 g/mol. The van der Waals surface area contributed by atoms with Crippen LogP contribution in [0.15, 0.2) is 18.2 Å². The number of carboxylic acids is 1. The number of nitrogens with zero attached hydrogens (tertiary/aromatic N) is 1. The van der Waals surface area contributed by atoms with Gasteiger partial charge in [0.2, 0.25) is 0 Å². The standard InChI is InChI=1S/C14H15IN2O3/c15-9-2-4-12(11(6-9)13(18)19)16-14(20)17-7-8-1-3-10(17)5-8/h2,4,6,8,10H,1,3,5,7H2,(H,16,20)(H,18,19). The molecule has 3 rings (SSSR count). The number of benzene rings is 1. The molecule has 1 saturated carbocycles. The van der Waals surface area contributed by atoms with E-state index in [9.17, 15) is 14.7 Å². The number of urea groups is 1. The van der Waals surface area contributed by atoms with E-state index >= 15 is 0 Å². The average molecular weight is 386 g/mol. The number of likely N-dealkylation sites (tertiary alicyclic amines) is 1. The molecule has 6 heteroatoms. The summed E-state index contributed by atoms with van der Waals surface area (Å²) in [4.78, 5) is 25.4. The smallest absolute Gasteiger partial charge is 0.337 e. The van der Waals surface area contributed by atoms with Crippen LogP contribution in [0, 0.1) is 9.49 Å². The number of carbonyl (C=O) groups is 2. The van der Waals surface area contributed by atoms with Gasteiger partial charge in [-0.05, 0) is 66.0 Å². The van der Waals surface area contributed by atoms with Crippen molar-refractivity contribution >= 4 is 40.3 Å². The van der Waals surface area contributed by atoms with E-state index in [1.165, 1.54) is 6.42 Å². The molecule has 2 amide bonds. The quantitative estimate of drug-likeness (QED) is 0.768. The number of rotatable bonds is 2. The lowest BCUT2D eigenvalue weighted by atomic mass is 10.1. The summed E-state index contributed by atoms with van der Waals surface area (Å²) in [5.74, 6) is -0.400. The van der Waals surface area contributed by atoms with Crippen molar-refractivity contribution in [2.45, 2.75) is 25.3 Å². The Morgan fingerprint density at radius 1 is 1.35 bits per heavy atom. The number of amides is 2. The molecular formula is C14H15IN2O3. The van der Waals surface area contributed by atoms with Crippen LogP contribution in [-0.4, -0.2) is 34.6 Å². The van der Waals surface area contributed by atoms with E-state index < -0.39 is 5.97 Å². The molecule has 2 fully saturated rings. The van der Waals surface area contributed by atoms with Crippen molar-refractivity contribution in [3.63, 3.8) is 0 Å². The van der Waals surface area contributed by atoms with Gasteiger partial charge in [0.15, 0.2) is 0 Å². The van der Waals surface area contributed by atoms with Crippen molar-refractivity contribution < 1.29 is 14.7 Å². The van der Waals surface area contributed by atoms with Gasteiger partial charge in [-0.15, -0.1) is 0 Å². The van der Waals surface area contributed by atoms with Gasteiger partial charge in [0.05, 0.1) is 11.3 Å². The molecule has 2 N–H and O–H groups in total. The van der Waals surface area contributed by atoms with Gasteiger partial charge < -0.3 is 15.3 Å². The lowest BCUT2D eigenvalue weighted by Gasteiger charge is -2.27. The summed E-state index contributed by atoms with van der Waals surface area (Å²) in [7, 11) is 0. The molecule has 5 nitrogen and oxygen atoms in total. The summed E-state index contributed by atoms with van der Waals surface area (Å²) in [5.41, 5.74) is 0.500. The number of nitrogens with one attached hydrogen (secondary N) is 1. The van der Waals surface area contributed by atoms with Crippen molar-refractivity contribution in [2.24, 2.45) is 5.92 Å². The second-order valence-corrected chi connectivity index (χ2v) is 6.66. The molecule has 0 radical (unpaired) electrons. The molecule has 2 atom stereocenters. The Labute approximate surface area is 130 Å². The van der Waals surface area contributed by atoms with Crippen LogP contribution in [0.3, 0.4) is 0 Å². The largest absolute Gasteiger partial charge is 0.478 e. The molecule has 1 saturated heterocycles. The van der Waals surface area contributed by atoms with Gasteiger partial charge in [0.1, 0.15) is 0 Å². The van der Waals surface area contributed by atoms with E-state index in [1.807, 2.05) is 4.90 Å². The zero-order chi connectivity index (χ0) is 14.3. The highest BCUT2D eigenvalue weighted by atomic mass is 127. The van der Waals surface area contributed by atoms with Gasteiger partial charge in [0.25, 0.3) is 0 Å². The first-order valence-corrected chi connectivity index (χ1v) is 7.73. The summed E-state index contributed by atoms with van der Waals surface area (Å²) >= 11 is 2.06. The zero-order valence-corrected chi connectivity index (χ0v) is 13.0. The van der Waals surface area contributed by atoms with Gasteiger partial charge in [-0.2, -0.15) is 0 Å². The SMILES string of the molecule is O=C(O)c1cc(I)ccc1NC(=O)N1CC2CCC1C2. The Bertz CT molecular complexity index is 576. The monoisotopic (exact) mass is 386 g/mol. The maximum atomic E-state index is 12.3. The van der Waals surface area contributed by atoms with Crippen LogP contribution in [-0.2, 0) is 0 Å². The number of carbonyl (C=O) groups excluding carboxylic acids is 1. The molecule has 0 spiro atoms. The third-order valence-electron chi connectivity index (χ3n) is 4.12. The van der Waals surface area contributed by atoms with E-state index in [-0.39, 0.29) is 11.6 Å². The fourth-order valence-electron chi connectivity index (χ4n) is 3.16. The van der Waals surface area contributed by atoms with E-state index in [1.54, 1.807) is 18.2 Å². The first-order chi connectivity index (χ1) is 9.54. The topological polar surface area (TPSA) is 69.6 Å². The summed E-state index contributed by atoms with van der Waals surface area (Å²) in [5, 5.41) is 12.0. The Hall–Kier alpha value is -1.31. The zero-order valence-electron chi connectivity index (χ0n) is 10.8. The average Bonchev–Trinajstić information content (AvgIpc) is 3.03. The number of halogens is 1. The molecule has 106 valence electrons. The second kappa shape index (κ2) is 5.23. The van der Waals surface area contributed by atoms with Crippen LogP contribution in [0.2, 0.25) is 0 Å². The van der Waals surface area contributed by atoms with E-state index in [2.05, 4.69) is 27.9 Å². The van der Waals surface area contributed by atoms with Gasteiger partial charge in [0, 0.05) is 16.2 Å². The molecule has 2 aliphatic rings. The molecule has 1 aliphatic carbocycles. The van der Waals surface area contributed by atoms with Crippen LogP contribution in [0.4, 0.5) is 10.5 Å². The van der Waals surface area contributed by atoms with Gasteiger partial charge >= 0.3 is 12.0 Å². The van der Waals surface area contributed by atoms with Crippen LogP contribution in [0.5, 0.6) is 0 Å². The van der Waals surface area contributed by atoms with E-state index in [0.717, 1.165) is 23.0 Å². The molecule has 1 aromatic rings. The minimum Gasteiger partial charge on any atom is -0.478 e. The molecule has 1 heterocycles. The normalized spacial score (nSPS) is 23.9. The number of piperidine rings is 1. The van der Waals surface area contributed by atoms with Crippen molar-refractivity contribution in [1.82, 2.24) is 4.90 Å². The molecule has 1 aliphatic heterocycles. The minimum absolute atomic E-state index is 0.134. The van der Waals surface area contributed by atoms with Crippen LogP contribution in [0.25, 0.3) is 0 Å². The van der Waals surface area contributed by atoms with Crippen molar-refractivity contribution in [3.8, 4) is 0 Å². The molecule has 0 aromatic heterocycles. The Morgan fingerprint density at radius 2 is 2.15 bits per heavy atom. The fraction of sp³-hybridized carbons (Fsp3) is 0.429. The lowest BCUT2D eigenvalue weighted by Crippen LogP contribution is -2.40. The highest BCUT2D eigenvalue weighted by Crippen LogP contribution is 2.37. The maximum absolute atomic E-state index is 12.3.